The summed E-state index contributed by atoms with van der Waals surface area (Å²) in [5.74, 6) is 5.69. The van der Waals surface area contributed by atoms with Crippen LogP contribution in [0.3, 0.4) is 0 Å². The zero-order valence-electron chi connectivity index (χ0n) is 8.58. The third kappa shape index (κ3) is 3.02. The van der Waals surface area contributed by atoms with Gasteiger partial charge in [-0.1, -0.05) is 18.3 Å². The largest absolute Gasteiger partial charge is 0.384 e. The maximum Gasteiger partial charge on any atom is 0.104 e. The first-order valence-corrected chi connectivity index (χ1v) is 5.08. The molecule has 0 spiro atoms. The molecule has 0 bridgehead atoms. The molecular weight excluding hydrogens is 162 g/mol. The molecule has 2 heteroatoms. The van der Waals surface area contributed by atoms with Crippen LogP contribution in [0.2, 0.25) is 0 Å². The van der Waals surface area contributed by atoms with Crippen LogP contribution in [-0.2, 0) is 0 Å². The molecule has 1 heterocycles. The van der Waals surface area contributed by atoms with Gasteiger partial charge in [0.15, 0.2) is 0 Å². The summed E-state index contributed by atoms with van der Waals surface area (Å²) < 4.78 is 0. The molecule has 0 amide bonds. The normalized spacial score (nSPS) is 29.5. The van der Waals surface area contributed by atoms with E-state index in [2.05, 4.69) is 30.6 Å². The molecule has 1 rings (SSSR count). The molecule has 0 radical (unpaired) electrons. The highest BCUT2D eigenvalue weighted by atomic mass is 16.2. The first kappa shape index (κ1) is 10.6. The molecule has 0 unspecified atom stereocenters. The Labute approximate surface area is 80.9 Å². The summed E-state index contributed by atoms with van der Waals surface area (Å²) >= 11 is 0. The Morgan fingerprint density at radius 3 is 2.38 bits per heavy atom. The first-order chi connectivity index (χ1) is 6.25. The summed E-state index contributed by atoms with van der Waals surface area (Å²) in [5, 5.41) is 8.54. The maximum absolute atomic E-state index is 8.54. The standard InChI is InChI=1S/C11H19NO/c1-10-6-5-7-11(2)12(10)8-3-4-9-13/h10-11,13H,5-9H2,1-2H3/t10-,11-/m1/s1. The highest BCUT2D eigenvalue weighted by Crippen LogP contribution is 2.21. The van der Waals surface area contributed by atoms with Gasteiger partial charge in [0.1, 0.15) is 6.61 Å². The molecule has 0 aromatic carbocycles. The van der Waals surface area contributed by atoms with Crippen LogP contribution in [0.1, 0.15) is 33.1 Å². The summed E-state index contributed by atoms with van der Waals surface area (Å²) in [6, 6.07) is 1.30. The molecule has 74 valence electrons. The van der Waals surface area contributed by atoms with Crippen LogP contribution in [0.15, 0.2) is 0 Å². The summed E-state index contributed by atoms with van der Waals surface area (Å²) in [6.07, 6.45) is 3.91. The van der Waals surface area contributed by atoms with Gasteiger partial charge >= 0.3 is 0 Å². The van der Waals surface area contributed by atoms with E-state index in [1.165, 1.54) is 19.3 Å². The second kappa shape index (κ2) is 5.26. The van der Waals surface area contributed by atoms with E-state index in [1.807, 2.05) is 0 Å². The Morgan fingerprint density at radius 1 is 1.23 bits per heavy atom. The minimum atomic E-state index is -0.0173. The minimum Gasteiger partial charge on any atom is -0.384 e. The van der Waals surface area contributed by atoms with Crippen molar-refractivity contribution in [3.63, 3.8) is 0 Å². The number of aliphatic hydroxyl groups is 1. The molecule has 1 saturated heterocycles. The van der Waals surface area contributed by atoms with Crippen molar-refractivity contribution < 1.29 is 5.11 Å². The minimum absolute atomic E-state index is 0.0173. The Bertz CT molecular complexity index is 194. The lowest BCUT2D eigenvalue weighted by molar-refractivity contribution is 0.121. The highest BCUT2D eigenvalue weighted by Gasteiger charge is 2.23. The lowest BCUT2D eigenvalue weighted by Crippen LogP contribution is -2.43. The van der Waals surface area contributed by atoms with Crippen LogP contribution in [0.4, 0.5) is 0 Å². The summed E-state index contributed by atoms with van der Waals surface area (Å²) in [7, 11) is 0. The van der Waals surface area contributed by atoms with E-state index in [-0.39, 0.29) is 6.61 Å². The number of likely N-dealkylation sites (tertiary alicyclic amines) is 1. The average Bonchev–Trinajstić information content (AvgIpc) is 2.10. The van der Waals surface area contributed by atoms with Crippen molar-refractivity contribution >= 4 is 0 Å². The molecule has 1 aliphatic rings. The molecule has 0 aromatic heterocycles. The van der Waals surface area contributed by atoms with Crippen molar-refractivity contribution in [2.75, 3.05) is 13.2 Å². The molecule has 2 nitrogen and oxygen atoms in total. The zero-order chi connectivity index (χ0) is 9.68. The monoisotopic (exact) mass is 181 g/mol. The van der Waals surface area contributed by atoms with Gasteiger partial charge in [-0.25, -0.2) is 0 Å². The van der Waals surface area contributed by atoms with Crippen LogP contribution < -0.4 is 0 Å². The first-order valence-electron chi connectivity index (χ1n) is 5.08. The van der Waals surface area contributed by atoms with Gasteiger partial charge in [0, 0.05) is 12.1 Å². The van der Waals surface area contributed by atoms with E-state index in [9.17, 15) is 0 Å². The second-order valence-electron chi connectivity index (χ2n) is 3.81. The van der Waals surface area contributed by atoms with Crippen molar-refractivity contribution in [1.29, 1.82) is 0 Å². The number of aliphatic hydroxyl groups excluding tert-OH is 1. The third-order valence-corrected chi connectivity index (χ3v) is 2.84. The summed E-state index contributed by atoms with van der Waals surface area (Å²) in [5.41, 5.74) is 0. The van der Waals surface area contributed by atoms with Crippen molar-refractivity contribution in [3.05, 3.63) is 0 Å². The molecular formula is C11H19NO. The molecule has 0 aliphatic carbocycles. The fraction of sp³-hybridized carbons (Fsp3) is 0.818. The zero-order valence-corrected chi connectivity index (χ0v) is 8.58. The SMILES string of the molecule is C[C@@H]1CCC[C@@H](C)N1CC#CCO. The van der Waals surface area contributed by atoms with E-state index in [0.29, 0.717) is 12.1 Å². The molecule has 1 aliphatic heterocycles. The Kier molecular flexibility index (Phi) is 4.27. The fourth-order valence-corrected chi connectivity index (χ4v) is 1.99. The predicted molar refractivity (Wildman–Crippen MR) is 54.3 cm³/mol. The average molecular weight is 181 g/mol. The molecule has 2 atom stereocenters. The lowest BCUT2D eigenvalue weighted by Gasteiger charge is -2.37. The highest BCUT2D eigenvalue weighted by molar-refractivity contribution is 5.02. The van der Waals surface area contributed by atoms with Crippen molar-refractivity contribution in [1.82, 2.24) is 4.90 Å². The second-order valence-corrected chi connectivity index (χ2v) is 3.81. The Hall–Kier alpha value is -0.520. The van der Waals surface area contributed by atoms with E-state index in [1.54, 1.807) is 0 Å². The van der Waals surface area contributed by atoms with E-state index in [0.717, 1.165) is 6.54 Å². The molecule has 1 N–H and O–H groups in total. The van der Waals surface area contributed by atoms with Gasteiger partial charge in [-0.15, -0.1) is 0 Å². The topological polar surface area (TPSA) is 23.5 Å². The van der Waals surface area contributed by atoms with Gasteiger partial charge in [-0.2, -0.15) is 0 Å². The lowest BCUT2D eigenvalue weighted by atomic mass is 9.98. The van der Waals surface area contributed by atoms with Gasteiger partial charge < -0.3 is 5.11 Å². The Morgan fingerprint density at radius 2 is 1.85 bits per heavy atom. The Balaban J connectivity index is 2.44. The van der Waals surface area contributed by atoms with E-state index >= 15 is 0 Å². The number of nitrogens with zero attached hydrogens (tertiary/aromatic N) is 1. The van der Waals surface area contributed by atoms with Gasteiger partial charge in [-0.05, 0) is 26.7 Å². The number of hydrogen-bond donors (Lipinski definition) is 1. The third-order valence-electron chi connectivity index (χ3n) is 2.84. The maximum atomic E-state index is 8.54. The van der Waals surface area contributed by atoms with Crippen LogP contribution in [0.5, 0.6) is 0 Å². The fourth-order valence-electron chi connectivity index (χ4n) is 1.99. The van der Waals surface area contributed by atoms with Crippen LogP contribution in [0.25, 0.3) is 0 Å². The molecule has 13 heavy (non-hydrogen) atoms. The van der Waals surface area contributed by atoms with Crippen molar-refractivity contribution in [3.8, 4) is 11.8 Å². The van der Waals surface area contributed by atoms with Crippen LogP contribution in [0, 0.1) is 11.8 Å². The summed E-state index contributed by atoms with van der Waals surface area (Å²) in [6.45, 7) is 5.31. The van der Waals surface area contributed by atoms with E-state index < -0.39 is 0 Å². The molecule has 0 aromatic rings. The molecule has 0 saturated carbocycles. The van der Waals surface area contributed by atoms with E-state index in [4.69, 9.17) is 5.11 Å². The van der Waals surface area contributed by atoms with Gasteiger partial charge in [0.25, 0.3) is 0 Å². The van der Waals surface area contributed by atoms with Gasteiger partial charge in [0.2, 0.25) is 0 Å². The van der Waals surface area contributed by atoms with Crippen LogP contribution in [-0.4, -0.2) is 35.2 Å². The van der Waals surface area contributed by atoms with Crippen molar-refractivity contribution in [2.24, 2.45) is 0 Å². The quantitative estimate of drug-likeness (QED) is 0.615. The molecule has 1 fully saturated rings. The smallest absolute Gasteiger partial charge is 0.104 e. The van der Waals surface area contributed by atoms with Gasteiger partial charge in [0.05, 0.1) is 6.54 Å². The predicted octanol–water partition coefficient (Wildman–Crippen LogP) is 1.25. The number of rotatable bonds is 1. The number of hydrogen-bond acceptors (Lipinski definition) is 2. The summed E-state index contributed by atoms with van der Waals surface area (Å²) in [4.78, 5) is 2.42. The number of piperidine rings is 1. The van der Waals surface area contributed by atoms with Crippen LogP contribution >= 0.6 is 0 Å². The van der Waals surface area contributed by atoms with Crippen molar-refractivity contribution in [2.45, 2.75) is 45.2 Å². The van der Waals surface area contributed by atoms with Gasteiger partial charge in [-0.3, -0.25) is 4.90 Å².